The van der Waals surface area contributed by atoms with Gasteiger partial charge in [-0.2, -0.15) is 4.98 Å². The fourth-order valence-electron chi connectivity index (χ4n) is 3.18. The summed E-state index contributed by atoms with van der Waals surface area (Å²) in [7, 11) is 0. The molecule has 1 aliphatic heterocycles. The van der Waals surface area contributed by atoms with Crippen LogP contribution in [0.5, 0.6) is 0 Å². The maximum absolute atomic E-state index is 5.35. The minimum Gasteiger partial charge on any atom is -0.354 e. The predicted octanol–water partition coefficient (Wildman–Crippen LogP) is 0.827. The van der Waals surface area contributed by atoms with Crippen LogP contribution in [0.2, 0.25) is 0 Å². The lowest BCUT2D eigenvalue weighted by Crippen LogP contribution is -2.50. The quantitative estimate of drug-likeness (QED) is 0.621. The number of piperazine rings is 1. The molecule has 0 spiro atoms. The first-order valence-electron chi connectivity index (χ1n) is 7.15. The molecular formula is C13H22N6. The summed E-state index contributed by atoms with van der Waals surface area (Å²) in [5.41, 5.74) is 2.50. The van der Waals surface area contributed by atoms with Crippen LogP contribution in [0.1, 0.15) is 25.7 Å². The van der Waals surface area contributed by atoms with E-state index in [1.54, 1.807) is 6.20 Å². The van der Waals surface area contributed by atoms with Crippen molar-refractivity contribution in [3.63, 3.8) is 0 Å². The van der Waals surface area contributed by atoms with E-state index in [-0.39, 0.29) is 0 Å². The number of hydrogen-bond donors (Lipinski definition) is 2. The predicted molar refractivity (Wildman–Crippen MR) is 75.9 cm³/mol. The Morgan fingerprint density at radius 3 is 2.58 bits per heavy atom. The summed E-state index contributed by atoms with van der Waals surface area (Å²) in [6.07, 6.45) is 7.33. The van der Waals surface area contributed by atoms with Crippen molar-refractivity contribution in [2.24, 2.45) is 5.84 Å². The topological polar surface area (TPSA) is 70.3 Å². The molecule has 0 amide bonds. The molecular weight excluding hydrogens is 240 g/mol. The maximum atomic E-state index is 5.35. The number of nitrogens with zero attached hydrogens (tertiary/aromatic N) is 4. The Morgan fingerprint density at radius 2 is 1.89 bits per heavy atom. The summed E-state index contributed by atoms with van der Waals surface area (Å²) >= 11 is 0. The highest BCUT2D eigenvalue weighted by Gasteiger charge is 2.26. The van der Waals surface area contributed by atoms with Crippen LogP contribution in [0.25, 0.3) is 0 Å². The van der Waals surface area contributed by atoms with Crippen LogP contribution in [-0.2, 0) is 0 Å². The van der Waals surface area contributed by atoms with Gasteiger partial charge in [0.25, 0.3) is 0 Å². The molecule has 3 N–H and O–H groups in total. The molecule has 104 valence electrons. The summed E-state index contributed by atoms with van der Waals surface area (Å²) in [6, 6.07) is 2.78. The Labute approximate surface area is 114 Å². The van der Waals surface area contributed by atoms with Gasteiger partial charge in [-0.15, -0.1) is 0 Å². The normalized spacial score (nSPS) is 21.8. The zero-order valence-electron chi connectivity index (χ0n) is 11.3. The second kappa shape index (κ2) is 5.71. The van der Waals surface area contributed by atoms with Gasteiger partial charge < -0.3 is 4.90 Å². The van der Waals surface area contributed by atoms with Crippen LogP contribution in [0, 0.1) is 0 Å². The number of anilines is 2. The van der Waals surface area contributed by atoms with E-state index >= 15 is 0 Å². The fourth-order valence-corrected chi connectivity index (χ4v) is 3.18. The molecule has 19 heavy (non-hydrogen) atoms. The van der Waals surface area contributed by atoms with Crippen LogP contribution < -0.4 is 16.2 Å². The zero-order valence-corrected chi connectivity index (χ0v) is 11.3. The van der Waals surface area contributed by atoms with Crippen molar-refractivity contribution in [3.05, 3.63) is 12.3 Å². The molecule has 1 saturated carbocycles. The average molecular weight is 262 g/mol. The standard InChI is InChI=1S/C13H22N6/c14-17-13-15-6-5-12(16-13)19-9-7-18(8-10-19)11-3-1-2-4-11/h5-6,11H,1-4,7-10,14H2,(H,15,16,17). The Balaban J connectivity index is 1.59. The average Bonchev–Trinajstić information content (AvgIpc) is 3.02. The molecule has 0 radical (unpaired) electrons. The van der Waals surface area contributed by atoms with E-state index in [0.717, 1.165) is 38.0 Å². The van der Waals surface area contributed by atoms with E-state index in [1.807, 2.05) is 6.07 Å². The van der Waals surface area contributed by atoms with Crippen LogP contribution in [0.15, 0.2) is 12.3 Å². The lowest BCUT2D eigenvalue weighted by atomic mass is 10.2. The monoisotopic (exact) mass is 262 g/mol. The molecule has 0 unspecified atom stereocenters. The Morgan fingerprint density at radius 1 is 1.16 bits per heavy atom. The third kappa shape index (κ3) is 2.79. The van der Waals surface area contributed by atoms with Crippen molar-refractivity contribution >= 4 is 11.8 Å². The molecule has 3 rings (SSSR count). The molecule has 1 aromatic heterocycles. The Bertz CT molecular complexity index is 409. The SMILES string of the molecule is NNc1nccc(N2CCN(C3CCCC3)CC2)n1. The molecule has 2 aliphatic rings. The van der Waals surface area contributed by atoms with Crippen molar-refractivity contribution in [3.8, 4) is 0 Å². The van der Waals surface area contributed by atoms with Crippen molar-refractivity contribution < 1.29 is 0 Å². The summed E-state index contributed by atoms with van der Waals surface area (Å²) in [4.78, 5) is 13.4. The molecule has 6 nitrogen and oxygen atoms in total. The molecule has 2 fully saturated rings. The lowest BCUT2D eigenvalue weighted by molar-refractivity contribution is 0.187. The van der Waals surface area contributed by atoms with Gasteiger partial charge in [-0.25, -0.2) is 10.8 Å². The minimum atomic E-state index is 0.482. The second-order valence-electron chi connectivity index (χ2n) is 5.34. The van der Waals surface area contributed by atoms with Crippen molar-refractivity contribution in [2.75, 3.05) is 36.5 Å². The molecule has 1 aliphatic carbocycles. The third-order valence-corrected chi connectivity index (χ3v) is 4.25. The van der Waals surface area contributed by atoms with E-state index in [9.17, 15) is 0 Å². The highest BCUT2D eigenvalue weighted by Crippen LogP contribution is 2.25. The Kier molecular flexibility index (Phi) is 3.79. The number of aromatic nitrogens is 2. The van der Waals surface area contributed by atoms with Gasteiger partial charge in [0.1, 0.15) is 5.82 Å². The number of nitrogen functional groups attached to an aromatic ring is 1. The van der Waals surface area contributed by atoms with E-state index in [4.69, 9.17) is 5.84 Å². The maximum Gasteiger partial charge on any atom is 0.239 e. The number of nitrogens with one attached hydrogen (secondary N) is 1. The number of rotatable bonds is 3. The lowest BCUT2D eigenvalue weighted by Gasteiger charge is -2.38. The highest BCUT2D eigenvalue weighted by molar-refractivity contribution is 5.42. The number of hydrazine groups is 1. The molecule has 0 bridgehead atoms. The first-order chi connectivity index (χ1) is 9.36. The van der Waals surface area contributed by atoms with Gasteiger partial charge in [0.05, 0.1) is 0 Å². The first kappa shape index (κ1) is 12.6. The molecule has 6 heteroatoms. The van der Waals surface area contributed by atoms with Gasteiger partial charge in [-0.1, -0.05) is 12.8 Å². The molecule has 1 aromatic rings. The Hall–Kier alpha value is -1.40. The van der Waals surface area contributed by atoms with E-state index in [2.05, 4.69) is 25.2 Å². The van der Waals surface area contributed by atoms with Gasteiger partial charge >= 0.3 is 0 Å². The van der Waals surface area contributed by atoms with E-state index in [1.165, 1.54) is 25.7 Å². The molecule has 0 aromatic carbocycles. The van der Waals surface area contributed by atoms with Crippen LogP contribution >= 0.6 is 0 Å². The fraction of sp³-hybridized carbons (Fsp3) is 0.692. The van der Waals surface area contributed by atoms with Crippen LogP contribution in [0.3, 0.4) is 0 Å². The molecule has 2 heterocycles. The zero-order chi connectivity index (χ0) is 13.1. The van der Waals surface area contributed by atoms with Crippen LogP contribution in [-0.4, -0.2) is 47.1 Å². The van der Waals surface area contributed by atoms with E-state index in [0.29, 0.717) is 5.95 Å². The van der Waals surface area contributed by atoms with Crippen molar-refractivity contribution in [1.82, 2.24) is 14.9 Å². The summed E-state index contributed by atoms with van der Waals surface area (Å²) in [5, 5.41) is 0. The third-order valence-electron chi connectivity index (χ3n) is 4.25. The smallest absolute Gasteiger partial charge is 0.239 e. The van der Waals surface area contributed by atoms with Gasteiger partial charge in [-0.3, -0.25) is 10.3 Å². The van der Waals surface area contributed by atoms with Crippen molar-refractivity contribution in [2.45, 2.75) is 31.7 Å². The summed E-state index contributed by atoms with van der Waals surface area (Å²) in [6.45, 7) is 4.36. The largest absolute Gasteiger partial charge is 0.354 e. The second-order valence-corrected chi connectivity index (χ2v) is 5.34. The van der Waals surface area contributed by atoms with E-state index < -0.39 is 0 Å². The summed E-state index contributed by atoms with van der Waals surface area (Å²) < 4.78 is 0. The van der Waals surface area contributed by atoms with Gasteiger partial charge in [0, 0.05) is 38.4 Å². The summed E-state index contributed by atoms with van der Waals surface area (Å²) in [5.74, 6) is 6.80. The van der Waals surface area contributed by atoms with Gasteiger partial charge in [0.2, 0.25) is 5.95 Å². The number of hydrogen-bond acceptors (Lipinski definition) is 6. The first-order valence-corrected chi connectivity index (χ1v) is 7.15. The van der Waals surface area contributed by atoms with Gasteiger partial charge in [-0.05, 0) is 18.9 Å². The minimum absolute atomic E-state index is 0.482. The van der Waals surface area contributed by atoms with Crippen molar-refractivity contribution in [1.29, 1.82) is 0 Å². The highest BCUT2D eigenvalue weighted by atomic mass is 15.3. The van der Waals surface area contributed by atoms with Crippen LogP contribution in [0.4, 0.5) is 11.8 Å². The molecule has 1 saturated heterocycles. The molecule has 0 atom stereocenters. The van der Waals surface area contributed by atoms with Gasteiger partial charge in [0.15, 0.2) is 0 Å². The number of nitrogens with two attached hydrogens (primary N) is 1.